The molecule has 2 amide bonds. The fraction of sp³-hybridized carbons (Fsp3) is 0.643. The van der Waals surface area contributed by atoms with Crippen molar-refractivity contribution < 1.29 is 28.6 Å². The zero-order chi connectivity index (χ0) is 37.6. The van der Waals surface area contributed by atoms with Gasteiger partial charge in [-0.2, -0.15) is 0 Å². The first-order chi connectivity index (χ1) is 25.5. The molecule has 6 rings (SSSR count). The van der Waals surface area contributed by atoms with Gasteiger partial charge in [0.15, 0.2) is 0 Å². The number of likely N-dealkylation sites (tertiary alicyclic amines) is 1. The summed E-state index contributed by atoms with van der Waals surface area (Å²) < 4.78 is 16.3. The second kappa shape index (κ2) is 20.1. The molecule has 53 heavy (non-hydrogen) atoms. The molecule has 4 fully saturated rings. The van der Waals surface area contributed by atoms with E-state index >= 15 is 0 Å². The van der Waals surface area contributed by atoms with E-state index in [9.17, 15) is 14.4 Å². The molecule has 11 nitrogen and oxygen atoms in total. The maximum Gasteiger partial charge on any atom is 0.410 e. The van der Waals surface area contributed by atoms with E-state index in [1.807, 2.05) is 81.4 Å². The first kappa shape index (κ1) is 40.5. The minimum atomic E-state index is -0.469. The van der Waals surface area contributed by atoms with Gasteiger partial charge in [-0.15, -0.1) is 0 Å². The van der Waals surface area contributed by atoms with Gasteiger partial charge in [0.05, 0.1) is 5.92 Å². The quantitative estimate of drug-likeness (QED) is 0.231. The molecule has 0 aromatic heterocycles. The highest BCUT2D eigenvalue weighted by Gasteiger charge is 2.32. The van der Waals surface area contributed by atoms with Crippen molar-refractivity contribution in [3.63, 3.8) is 0 Å². The fourth-order valence-corrected chi connectivity index (χ4v) is 7.95. The molecule has 0 bridgehead atoms. The van der Waals surface area contributed by atoms with Crippen LogP contribution in [-0.4, -0.2) is 102 Å². The lowest BCUT2D eigenvalue weighted by Crippen LogP contribution is -2.53. The molecule has 0 spiro atoms. The minimum absolute atomic E-state index is 0.0285. The third-order valence-corrected chi connectivity index (χ3v) is 11.1. The maximum atomic E-state index is 12.3. The zero-order valence-electron chi connectivity index (χ0n) is 32.3. The summed E-state index contributed by atoms with van der Waals surface area (Å²) in [6, 6.07) is 21.4. The predicted molar refractivity (Wildman–Crippen MR) is 206 cm³/mol. The van der Waals surface area contributed by atoms with E-state index in [2.05, 4.69) is 15.1 Å². The van der Waals surface area contributed by atoms with Crippen LogP contribution in [0.3, 0.4) is 0 Å². The van der Waals surface area contributed by atoms with Crippen molar-refractivity contribution in [2.75, 3.05) is 39.3 Å². The maximum absolute atomic E-state index is 12.3. The Morgan fingerprint density at radius 1 is 0.660 bits per heavy atom. The number of carbonyl (C=O) groups excluding carboxylic acids is 3. The summed E-state index contributed by atoms with van der Waals surface area (Å²) in [5, 5.41) is 3.00. The summed E-state index contributed by atoms with van der Waals surface area (Å²) in [6.07, 6.45) is 10.0. The molecule has 2 saturated carbocycles. The molecule has 2 heterocycles. The van der Waals surface area contributed by atoms with Gasteiger partial charge in [0, 0.05) is 50.3 Å². The van der Waals surface area contributed by atoms with E-state index in [-0.39, 0.29) is 30.1 Å². The molecule has 3 N–H and O–H groups in total. The van der Waals surface area contributed by atoms with Crippen molar-refractivity contribution in [3.8, 4) is 0 Å². The van der Waals surface area contributed by atoms with Gasteiger partial charge in [-0.3, -0.25) is 9.69 Å². The summed E-state index contributed by atoms with van der Waals surface area (Å²) >= 11 is 0. The Kier molecular flexibility index (Phi) is 15.4. The molecule has 2 aromatic carbocycles. The van der Waals surface area contributed by atoms with Crippen LogP contribution in [0.5, 0.6) is 0 Å². The Hall–Kier alpha value is -3.67. The number of amides is 2. The van der Waals surface area contributed by atoms with Crippen molar-refractivity contribution in [1.82, 2.24) is 20.0 Å². The van der Waals surface area contributed by atoms with Crippen LogP contribution in [0, 0.1) is 5.92 Å². The molecule has 2 saturated heterocycles. The molecule has 0 atom stereocenters. The van der Waals surface area contributed by atoms with Crippen LogP contribution >= 0.6 is 0 Å². The SMILES string of the molecule is CC(C)(C)OC(=O)NC1CCC(N2CCN(C(=O)OCc3ccccc3)CC2)CC1.NC1CCC(N2CCC(C(=O)OCc3ccccc3)CC2)CC1. The van der Waals surface area contributed by atoms with E-state index in [4.69, 9.17) is 19.9 Å². The number of piperidine rings is 1. The molecular formula is C42H63N5O6. The topological polar surface area (TPSA) is 127 Å². The van der Waals surface area contributed by atoms with Gasteiger partial charge < -0.3 is 35.1 Å². The molecule has 0 radical (unpaired) electrons. The van der Waals surface area contributed by atoms with Crippen LogP contribution in [0.1, 0.15) is 96.1 Å². The lowest BCUT2D eigenvalue weighted by atomic mass is 9.88. The number of esters is 1. The number of piperazine rings is 1. The van der Waals surface area contributed by atoms with E-state index in [1.165, 1.54) is 12.8 Å². The summed E-state index contributed by atoms with van der Waals surface area (Å²) in [5.41, 5.74) is 7.57. The van der Waals surface area contributed by atoms with E-state index < -0.39 is 5.60 Å². The molecule has 2 aromatic rings. The van der Waals surface area contributed by atoms with Crippen molar-refractivity contribution in [1.29, 1.82) is 0 Å². The van der Waals surface area contributed by atoms with Crippen LogP contribution in [-0.2, 0) is 32.2 Å². The largest absolute Gasteiger partial charge is 0.461 e. The average molecular weight is 734 g/mol. The Bertz CT molecular complexity index is 1390. The number of carbonyl (C=O) groups is 3. The molecule has 2 aliphatic heterocycles. The predicted octanol–water partition coefficient (Wildman–Crippen LogP) is 6.49. The number of benzene rings is 2. The van der Waals surface area contributed by atoms with E-state index in [1.54, 1.807) is 4.90 Å². The lowest BCUT2D eigenvalue weighted by molar-refractivity contribution is -0.151. The Labute approximate surface area is 316 Å². The Morgan fingerprint density at radius 3 is 1.68 bits per heavy atom. The van der Waals surface area contributed by atoms with Gasteiger partial charge in [0.25, 0.3) is 0 Å². The minimum Gasteiger partial charge on any atom is -0.461 e. The zero-order valence-corrected chi connectivity index (χ0v) is 32.3. The number of nitrogens with one attached hydrogen (secondary N) is 1. The van der Waals surface area contributed by atoms with Gasteiger partial charge in [0.1, 0.15) is 18.8 Å². The molecule has 11 heteroatoms. The molecule has 2 aliphatic carbocycles. The number of rotatable bonds is 8. The van der Waals surface area contributed by atoms with Crippen molar-refractivity contribution in [2.24, 2.45) is 11.7 Å². The third kappa shape index (κ3) is 13.6. The molecule has 292 valence electrons. The van der Waals surface area contributed by atoms with Crippen LogP contribution in [0.15, 0.2) is 60.7 Å². The highest BCUT2D eigenvalue weighted by Crippen LogP contribution is 2.28. The fourth-order valence-electron chi connectivity index (χ4n) is 7.95. The van der Waals surface area contributed by atoms with Gasteiger partial charge >= 0.3 is 18.2 Å². The van der Waals surface area contributed by atoms with E-state index in [0.29, 0.717) is 44.4 Å². The van der Waals surface area contributed by atoms with Crippen molar-refractivity contribution in [2.45, 2.75) is 128 Å². The highest BCUT2D eigenvalue weighted by molar-refractivity contribution is 5.72. The summed E-state index contributed by atoms with van der Waals surface area (Å²) in [7, 11) is 0. The van der Waals surface area contributed by atoms with Crippen LogP contribution in [0.4, 0.5) is 9.59 Å². The van der Waals surface area contributed by atoms with Crippen LogP contribution in [0.25, 0.3) is 0 Å². The normalized spacial score (nSPS) is 24.6. The first-order valence-corrected chi connectivity index (χ1v) is 19.9. The van der Waals surface area contributed by atoms with Gasteiger partial charge in [-0.25, -0.2) is 9.59 Å². The monoisotopic (exact) mass is 733 g/mol. The van der Waals surface area contributed by atoms with Crippen LogP contribution in [0.2, 0.25) is 0 Å². The molecule has 4 aliphatic rings. The summed E-state index contributed by atoms with van der Waals surface area (Å²) in [4.78, 5) is 43.4. The number of nitrogens with zero attached hydrogens (tertiary/aromatic N) is 3. The Balaban J connectivity index is 0.000000211. The van der Waals surface area contributed by atoms with Crippen molar-refractivity contribution >= 4 is 18.2 Å². The van der Waals surface area contributed by atoms with Gasteiger partial charge in [-0.05, 0) is 109 Å². The second-order valence-electron chi connectivity index (χ2n) is 16.2. The highest BCUT2D eigenvalue weighted by atomic mass is 16.6. The number of nitrogens with two attached hydrogens (primary N) is 1. The number of hydrogen-bond acceptors (Lipinski definition) is 9. The summed E-state index contributed by atoms with van der Waals surface area (Å²) in [5.74, 6) is 0.0416. The first-order valence-electron chi connectivity index (χ1n) is 19.9. The average Bonchev–Trinajstić information content (AvgIpc) is 3.17. The Morgan fingerprint density at radius 2 is 1.15 bits per heavy atom. The number of ether oxygens (including phenoxy) is 3. The smallest absolute Gasteiger partial charge is 0.410 e. The molecule has 0 unspecified atom stereocenters. The second-order valence-corrected chi connectivity index (χ2v) is 16.2. The third-order valence-electron chi connectivity index (χ3n) is 11.1. The lowest BCUT2D eigenvalue weighted by Gasteiger charge is -2.41. The molecular weight excluding hydrogens is 670 g/mol. The number of hydrogen-bond donors (Lipinski definition) is 2. The standard InChI is InChI=1S/C23H35N3O4.C19H28N2O2/c1-23(2,3)30-21(27)24-19-9-11-20(12-10-19)25-13-15-26(16-14-25)22(28)29-17-18-7-5-4-6-8-18;20-17-6-8-18(9-7-17)21-12-10-16(11-13-21)19(22)23-14-15-4-2-1-3-5-15/h4-8,19-20H,9-17H2,1-3H3,(H,24,27);1-5,16-18H,6-14,20H2. The number of alkyl carbamates (subject to hydrolysis) is 1. The van der Waals surface area contributed by atoms with Gasteiger partial charge in [0.2, 0.25) is 0 Å². The van der Waals surface area contributed by atoms with Gasteiger partial charge in [-0.1, -0.05) is 60.7 Å². The van der Waals surface area contributed by atoms with Crippen LogP contribution < -0.4 is 11.1 Å². The van der Waals surface area contributed by atoms with E-state index in [0.717, 1.165) is 88.7 Å². The summed E-state index contributed by atoms with van der Waals surface area (Å²) in [6.45, 7) is 11.5. The van der Waals surface area contributed by atoms with Crippen molar-refractivity contribution in [3.05, 3.63) is 71.8 Å².